The lowest BCUT2D eigenvalue weighted by atomic mass is 10.2. The molecule has 0 radical (unpaired) electrons. The standard InChI is InChI=1S/C17H13BrN2O3S2/c1-10-7-11(18)4-5-13(10)19-15(21)9-20-16(22)14(25-17(20)23)8-12-3-2-6-24-12/h2-8H,9H2,1H3,(H,19,21)/b14-8-. The van der Waals surface area contributed by atoms with E-state index < -0.39 is 17.1 Å². The molecule has 1 aromatic heterocycles. The van der Waals surface area contributed by atoms with Gasteiger partial charge < -0.3 is 5.32 Å². The van der Waals surface area contributed by atoms with Crippen LogP contribution in [0.3, 0.4) is 0 Å². The molecule has 1 fully saturated rings. The third kappa shape index (κ3) is 4.20. The summed E-state index contributed by atoms with van der Waals surface area (Å²) in [7, 11) is 0. The molecule has 1 N–H and O–H groups in total. The summed E-state index contributed by atoms with van der Waals surface area (Å²) >= 11 is 5.69. The maximum absolute atomic E-state index is 12.4. The Morgan fingerprint density at radius 1 is 1.32 bits per heavy atom. The summed E-state index contributed by atoms with van der Waals surface area (Å²) in [5.41, 5.74) is 1.53. The van der Waals surface area contributed by atoms with E-state index in [0.717, 1.165) is 31.6 Å². The minimum Gasteiger partial charge on any atom is -0.324 e. The molecule has 5 nitrogen and oxygen atoms in total. The van der Waals surface area contributed by atoms with Crippen molar-refractivity contribution in [2.45, 2.75) is 6.92 Å². The predicted octanol–water partition coefficient (Wildman–Crippen LogP) is 4.49. The van der Waals surface area contributed by atoms with Crippen LogP contribution in [0.25, 0.3) is 6.08 Å². The van der Waals surface area contributed by atoms with E-state index in [9.17, 15) is 14.4 Å². The fourth-order valence-corrected chi connectivity index (χ4v) is 4.28. The van der Waals surface area contributed by atoms with Crippen LogP contribution in [-0.2, 0) is 9.59 Å². The molecule has 3 amide bonds. The number of carbonyl (C=O) groups is 3. The summed E-state index contributed by atoms with van der Waals surface area (Å²) in [6.45, 7) is 1.56. The van der Waals surface area contributed by atoms with Gasteiger partial charge in [0.1, 0.15) is 6.54 Å². The minimum atomic E-state index is -0.439. The monoisotopic (exact) mass is 436 g/mol. The zero-order valence-corrected chi connectivity index (χ0v) is 16.3. The van der Waals surface area contributed by atoms with Crippen molar-refractivity contribution in [3.63, 3.8) is 0 Å². The lowest BCUT2D eigenvalue weighted by Crippen LogP contribution is -2.36. The summed E-state index contributed by atoms with van der Waals surface area (Å²) in [4.78, 5) is 38.9. The van der Waals surface area contributed by atoms with Gasteiger partial charge in [-0.2, -0.15) is 0 Å². The predicted molar refractivity (Wildman–Crippen MR) is 105 cm³/mol. The van der Waals surface area contributed by atoms with Crippen LogP contribution in [0.15, 0.2) is 45.1 Å². The summed E-state index contributed by atoms with van der Waals surface area (Å²) in [5, 5.41) is 4.19. The van der Waals surface area contributed by atoms with Gasteiger partial charge in [0.05, 0.1) is 4.91 Å². The molecule has 1 aromatic carbocycles. The van der Waals surface area contributed by atoms with Crippen LogP contribution in [0.1, 0.15) is 10.4 Å². The Morgan fingerprint density at radius 3 is 2.80 bits per heavy atom. The summed E-state index contributed by atoms with van der Waals surface area (Å²) in [6.07, 6.45) is 1.67. The largest absolute Gasteiger partial charge is 0.324 e. The fraction of sp³-hybridized carbons (Fsp3) is 0.118. The molecule has 0 saturated carbocycles. The van der Waals surface area contributed by atoms with E-state index in [1.54, 1.807) is 12.1 Å². The highest BCUT2D eigenvalue weighted by Gasteiger charge is 2.36. The number of carbonyl (C=O) groups excluding carboxylic acids is 3. The molecule has 8 heteroatoms. The second-order valence-electron chi connectivity index (χ2n) is 5.29. The number of hydrogen-bond donors (Lipinski definition) is 1. The highest BCUT2D eigenvalue weighted by Crippen LogP contribution is 2.32. The van der Waals surface area contributed by atoms with Crippen molar-refractivity contribution in [3.8, 4) is 0 Å². The van der Waals surface area contributed by atoms with Gasteiger partial charge in [0.25, 0.3) is 11.1 Å². The van der Waals surface area contributed by atoms with E-state index in [4.69, 9.17) is 0 Å². The van der Waals surface area contributed by atoms with Crippen LogP contribution in [0.2, 0.25) is 0 Å². The van der Waals surface area contributed by atoms with Gasteiger partial charge in [-0.25, -0.2) is 0 Å². The maximum atomic E-state index is 12.4. The molecule has 2 aromatic rings. The van der Waals surface area contributed by atoms with Gasteiger partial charge in [-0.3, -0.25) is 19.3 Å². The number of halogens is 1. The van der Waals surface area contributed by atoms with E-state index in [1.165, 1.54) is 11.3 Å². The summed E-state index contributed by atoms with van der Waals surface area (Å²) in [6, 6.07) is 9.18. The van der Waals surface area contributed by atoms with Gasteiger partial charge in [0.2, 0.25) is 5.91 Å². The Morgan fingerprint density at radius 2 is 2.12 bits per heavy atom. The number of thiophene rings is 1. The van der Waals surface area contributed by atoms with Crippen molar-refractivity contribution in [3.05, 3.63) is 55.5 Å². The molecule has 0 bridgehead atoms. The normalized spacial score (nSPS) is 15.9. The number of benzene rings is 1. The number of anilines is 1. The second-order valence-corrected chi connectivity index (χ2v) is 8.18. The maximum Gasteiger partial charge on any atom is 0.294 e. The zero-order chi connectivity index (χ0) is 18.0. The minimum absolute atomic E-state index is 0.304. The molecule has 3 rings (SSSR count). The topological polar surface area (TPSA) is 66.5 Å². The van der Waals surface area contributed by atoms with Gasteiger partial charge in [-0.1, -0.05) is 22.0 Å². The molecule has 0 atom stereocenters. The van der Waals surface area contributed by atoms with Gasteiger partial charge in [-0.15, -0.1) is 11.3 Å². The van der Waals surface area contributed by atoms with Crippen molar-refractivity contribution in [1.29, 1.82) is 0 Å². The SMILES string of the molecule is Cc1cc(Br)ccc1NC(=O)CN1C(=O)S/C(=C\c2cccs2)C1=O. The molecule has 0 spiro atoms. The Bertz CT molecular complexity index is 878. The van der Waals surface area contributed by atoms with Crippen molar-refractivity contribution in [2.75, 3.05) is 11.9 Å². The molecule has 1 saturated heterocycles. The average molecular weight is 437 g/mol. The van der Waals surface area contributed by atoms with Crippen LogP contribution >= 0.6 is 39.0 Å². The van der Waals surface area contributed by atoms with Crippen LogP contribution in [0.5, 0.6) is 0 Å². The number of amides is 3. The quantitative estimate of drug-likeness (QED) is 0.716. The first kappa shape index (κ1) is 17.9. The Hall–Kier alpha value is -1.90. The van der Waals surface area contributed by atoms with Crippen LogP contribution in [0, 0.1) is 6.92 Å². The Kier molecular flexibility index (Phi) is 5.41. The molecule has 128 valence electrons. The Labute approximate surface area is 161 Å². The summed E-state index contributed by atoms with van der Waals surface area (Å²) < 4.78 is 0.910. The third-order valence-corrected chi connectivity index (χ3v) is 5.67. The van der Waals surface area contributed by atoms with Gasteiger partial charge in [0.15, 0.2) is 0 Å². The van der Waals surface area contributed by atoms with E-state index in [-0.39, 0.29) is 6.54 Å². The number of aryl methyl sites for hydroxylation is 1. The van der Waals surface area contributed by atoms with Crippen molar-refractivity contribution in [2.24, 2.45) is 0 Å². The number of hydrogen-bond acceptors (Lipinski definition) is 5. The molecule has 25 heavy (non-hydrogen) atoms. The first-order valence-electron chi connectivity index (χ1n) is 7.29. The van der Waals surface area contributed by atoms with Gasteiger partial charge in [0, 0.05) is 15.0 Å². The highest BCUT2D eigenvalue weighted by atomic mass is 79.9. The van der Waals surface area contributed by atoms with E-state index in [2.05, 4.69) is 21.2 Å². The van der Waals surface area contributed by atoms with Crippen LogP contribution in [-0.4, -0.2) is 28.5 Å². The third-order valence-electron chi connectivity index (χ3n) is 3.45. The molecule has 1 aliphatic heterocycles. The number of rotatable bonds is 4. The molecule has 0 unspecified atom stereocenters. The van der Waals surface area contributed by atoms with Crippen LogP contribution < -0.4 is 5.32 Å². The fourth-order valence-electron chi connectivity index (χ4n) is 2.24. The van der Waals surface area contributed by atoms with E-state index in [1.807, 2.05) is 36.6 Å². The molecule has 2 heterocycles. The number of nitrogens with zero attached hydrogens (tertiary/aromatic N) is 1. The Balaban J connectivity index is 1.69. The molecule has 1 aliphatic rings. The molecular weight excluding hydrogens is 424 g/mol. The lowest BCUT2D eigenvalue weighted by Gasteiger charge is -2.13. The number of nitrogens with one attached hydrogen (secondary N) is 1. The van der Waals surface area contributed by atoms with Gasteiger partial charge in [-0.05, 0) is 60.0 Å². The number of thioether (sulfide) groups is 1. The van der Waals surface area contributed by atoms with Crippen molar-refractivity contribution in [1.82, 2.24) is 4.90 Å². The first-order valence-corrected chi connectivity index (χ1v) is 9.78. The van der Waals surface area contributed by atoms with Crippen molar-refractivity contribution >= 4 is 67.8 Å². The lowest BCUT2D eigenvalue weighted by molar-refractivity contribution is -0.127. The number of imide groups is 1. The second kappa shape index (κ2) is 7.55. The first-order chi connectivity index (χ1) is 11.9. The molecule has 0 aliphatic carbocycles. The zero-order valence-electron chi connectivity index (χ0n) is 13.1. The van der Waals surface area contributed by atoms with E-state index in [0.29, 0.717) is 10.6 Å². The van der Waals surface area contributed by atoms with E-state index >= 15 is 0 Å². The van der Waals surface area contributed by atoms with Gasteiger partial charge >= 0.3 is 0 Å². The van der Waals surface area contributed by atoms with Crippen LogP contribution in [0.4, 0.5) is 10.5 Å². The average Bonchev–Trinajstić information content (AvgIpc) is 3.15. The molecular formula is C17H13BrN2O3S2. The summed E-state index contributed by atoms with van der Waals surface area (Å²) in [5.74, 6) is -0.851. The van der Waals surface area contributed by atoms with Crippen molar-refractivity contribution < 1.29 is 14.4 Å². The smallest absolute Gasteiger partial charge is 0.294 e. The highest BCUT2D eigenvalue weighted by molar-refractivity contribution is 9.10.